The first kappa shape index (κ1) is 15.5. The van der Waals surface area contributed by atoms with Crippen LogP contribution in [0, 0.1) is 0 Å². The zero-order valence-corrected chi connectivity index (χ0v) is 12.7. The maximum atomic E-state index is 9.02. The molecule has 0 aliphatic rings. The van der Waals surface area contributed by atoms with Crippen LogP contribution < -0.4 is 10.1 Å². The third-order valence-corrected chi connectivity index (χ3v) is 3.42. The van der Waals surface area contributed by atoms with E-state index in [0.29, 0.717) is 6.04 Å². The number of aliphatic hydroxyl groups is 1. The number of ether oxygens (including phenoxy) is 1. The Labute approximate surface area is 126 Å². The second-order valence-corrected chi connectivity index (χ2v) is 5.15. The summed E-state index contributed by atoms with van der Waals surface area (Å²) in [6.07, 6.45) is 1.13. The highest BCUT2D eigenvalue weighted by Crippen LogP contribution is 2.23. The van der Waals surface area contributed by atoms with E-state index in [1.54, 1.807) is 0 Å². The molecule has 21 heavy (non-hydrogen) atoms. The molecule has 2 N–H and O–H groups in total. The van der Waals surface area contributed by atoms with Gasteiger partial charge in [0.15, 0.2) is 0 Å². The molecule has 0 amide bonds. The maximum absolute atomic E-state index is 9.02. The summed E-state index contributed by atoms with van der Waals surface area (Å²) in [5.41, 5.74) is 2.14. The monoisotopic (exact) mass is 285 g/mol. The van der Waals surface area contributed by atoms with Crippen LogP contribution in [0.1, 0.15) is 37.4 Å². The van der Waals surface area contributed by atoms with Gasteiger partial charge in [-0.2, -0.15) is 0 Å². The van der Waals surface area contributed by atoms with Crippen LogP contribution >= 0.6 is 0 Å². The quantitative estimate of drug-likeness (QED) is 0.807. The van der Waals surface area contributed by atoms with Gasteiger partial charge >= 0.3 is 0 Å². The molecule has 1 atom stereocenters. The molecule has 0 aliphatic carbocycles. The lowest BCUT2D eigenvalue weighted by molar-refractivity contribution is 0.281. The molecule has 1 unspecified atom stereocenters. The van der Waals surface area contributed by atoms with E-state index in [-0.39, 0.29) is 6.61 Å². The molecule has 0 aromatic heterocycles. The summed E-state index contributed by atoms with van der Waals surface area (Å²) in [5, 5.41) is 12.5. The largest absolute Gasteiger partial charge is 0.457 e. The molecule has 0 radical (unpaired) electrons. The Morgan fingerprint density at radius 1 is 1.00 bits per heavy atom. The Morgan fingerprint density at radius 2 is 1.57 bits per heavy atom. The van der Waals surface area contributed by atoms with Crippen molar-refractivity contribution in [1.82, 2.24) is 5.32 Å². The topological polar surface area (TPSA) is 41.5 Å². The van der Waals surface area contributed by atoms with Gasteiger partial charge in [-0.05, 0) is 55.3 Å². The van der Waals surface area contributed by atoms with Gasteiger partial charge in [-0.15, -0.1) is 0 Å². The number of benzene rings is 2. The van der Waals surface area contributed by atoms with Gasteiger partial charge in [-0.25, -0.2) is 0 Å². The van der Waals surface area contributed by atoms with Crippen molar-refractivity contribution in [3.8, 4) is 11.5 Å². The van der Waals surface area contributed by atoms with Gasteiger partial charge < -0.3 is 15.2 Å². The summed E-state index contributed by atoms with van der Waals surface area (Å²) in [6, 6.07) is 16.0. The number of nitrogens with one attached hydrogen (secondary N) is 1. The van der Waals surface area contributed by atoms with E-state index < -0.39 is 0 Å². The molecule has 3 heteroatoms. The molecule has 0 heterocycles. The zero-order chi connectivity index (χ0) is 15.1. The fourth-order valence-corrected chi connectivity index (χ4v) is 2.10. The molecule has 0 spiro atoms. The lowest BCUT2D eigenvalue weighted by Crippen LogP contribution is -2.19. The standard InChI is InChI=1S/C18H23NO2/c1-3-12-19-14(2)16-6-10-18(11-7-16)21-17-8-4-15(13-20)5-9-17/h4-11,14,19-20H,3,12-13H2,1-2H3. The van der Waals surface area contributed by atoms with Crippen molar-refractivity contribution < 1.29 is 9.84 Å². The van der Waals surface area contributed by atoms with Gasteiger partial charge in [0, 0.05) is 6.04 Å². The number of hydrogen-bond acceptors (Lipinski definition) is 3. The second-order valence-electron chi connectivity index (χ2n) is 5.15. The lowest BCUT2D eigenvalue weighted by atomic mass is 10.1. The van der Waals surface area contributed by atoms with Crippen molar-refractivity contribution in [1.29, 1.82) is 0 Å². The molecule has 2 aromatic carbocycles. The molecule has 2 aromatic rings. The lowest BCUT2D eigenvalue weighted by Gasteiger charge is -2.14. The smallest absolute Gasteiger partial charge is 0.127 e. The average molecular weight is 285 g/mol. The molecule has 3 nitrogen and oxygen atoms in total. The summed E-state index contributed by atoms with van der Waals surface area (Å²) in [5.74, 6) is 1.59. The predicted molar refractivity (Wildman–Crippen MR) is 85.6 cm³/mol. The summed E-state index contributed by atoms with van der Waals surface area (Å²) in [6.45, 7) is 5.41. The zero-order valence-electron chi connectivity index (χ0n) is 12.7. The second kappa shape index (κ2) is 7.81. The first-order valence-corrected chi connectivity index (χ1v) is 7.44. The summed E-state index contributed by atoms with van der Waals surface area (Å²) >= 11 is 0. The third-order valence-electron chi connectivity index (χ3n) is 3.42. The van der Waals surface area contributed by atoms with Gasteiger partial charge in [-0.1, -0.05) is 31.2 Å². The van der Waals surface area contributed by atoms with Gasteiger partial charge in [0.2, 0.25) is 0 Å². The molecule has 0 bridgehead atoms. The van der Waals surface area contributed by atoms with Gasteiger partial charge in [-0.3, -0.25) is 0 Å². The number of rotatable bonds is 7. The normalized spacial score (nSPS) is 12.1. The number of aliphatic hydroxyl groups excluding tert-OH is 1. The third kappa shape index (κ3) is 4.59. The molecule has 0 aliphatic heterocycles. The molecular formula is C18H23NO2. The SMILES string of the molecule is CCCNC(C)c1ccc(Oc2ccc(CO)cc2)cc1. The van der Waals surface area contributed by atoms with E-state index in [4.69, 9.17) is 9.84 Å². The van der Waals surface area contributed by atoms with E-state index in [2.05, 4.69) is 31.3 Å². The van der Waals surface area contributed by atoms with Crippen LogP contribution in [0.15, 0.2) is 48.5 Å². The summed E-state index contributed by atoms with van der Waals surface area (Å²) in [7, 11) is 0. The molecule has 0 fully saturated rings. The summed E-state index contributed by atoms with van der Waals surface area (Å²) in [4.78, 5) is 0. The van der Waals surface area contributed by atoms with Crippen molar-refractivity contribution in [2.45, 2.75) is 32.9 Å². The molecular weight excluding hydrogens is 262 g/mol. The highest BCUT2D eigenvalue weighted by Gasteiger charge is 2.04. The summed E-state index contributed by atoms with van der Waals surface area (Å²) < 4.78 is 5.79. The minimum Gasteiger partial charge on any atom is -0.457 e. The van der Waals surface area contributed by atoms with Gasteiger partial charge in [0.05, 0.1) is 6.61 Å². The molecule has 0 saturated carbocycles. The van der Waals surface area contributed by atoms with Crippen LogP contribution in [-0.2, 0) is 6.61 Å². The highest BCUT2D eigenvalue weighted by atomic mass is 16.5. The molecule has 112 valence electrons. The van der Waals surface area contributed by atoms with Crippen molar-refractivity contribution in [3.05, 3.63) is 59.7 Å². The predicted octanol–water partition coefficient (Wildman–Crippen LogP) is 4.03. The Kier molecular flexibility index (Phi) is 5.78. The Hall–Kier alpha value is -1.84. The average Bonchev–Trinajstić information content (AvgIpc) is 2.54. The maximum Gasteiger partial charge on any atom is 0.127 e. The fraction of sp³-hybridized carbons (Fsp3) is 0.333. The van der Waals surface area contributed by atoms with Crippen molar-refractivity contribution in [2.75, 3.05) is 6.54 Å². The highest BCUT2D eigenvalue weighted by molar-refractivity contribution is 5.35. The van der Waals surface area contributed by atoms with Crippen molar-refractivity contribution >= 4 is 0 Å². The van der Waals surface area contributed by atoms with E-state index in [1.807, 2.05) is 36.4 Å². The number of hydrogen-bond donors (Lipinski definition) is 2. The van der Waals surface area contributed by atoms with Crippen molar-refractivity contribution in [2.24, 2.45) is 0 Å². The van der Waals surface area contributed by atoms with Crippen LogP contribution in [0.3, 0.4) is 0 Å². The van der Waals surface area contributed by atoms with Crippen LogP contribution in [0.2, 0.25) is 0 Å². The minimum atomic E-state index is 0.0532. The van der Waals surface area contributed by atoms with Gasteiger partial charge in [0.1, 0.15) is 11.5 Å². The Morgan fingerprint density at radius 3 is 2.10 bits per heavy atom. The van der Waals surface area contributed by atoms with Crippen LogP contribution in [0.4, 0.5) is 0 Å². The first-order chi connectivity index (χ1) is 10.2. The first-order valence-electron chi connectivity index (χ1n) is 7.44. The Balaban J connectivity index is 1.98. The Bertz CT molecular complexity index is 534. The van der Waals surface area contributed by atoms with Crippen LogP contribution in [0.5, 0.6) is 11.5 Å². The fourth-order valence-electron chi connectivity index (χ4n) is 2.10. The van der Waals surface area contributed by atoms with Crippen LogP contribution in [-0.4, -0.2) is 11.7 Å². The van der Waals surface area contributed by atoms with E-state index in [1.165, 1.54) is 5.56 Å². The molecule has 0 saturated heterocycles. The minimum absolute atomic E-state index is 0.0532. The van der Waals surface area contributed by atoms with Gasteiger partial charge in [0.25, 0.3) is 0 Å². The van der Waals surface area contributed by atoms with E-state index in [0.717, 1.165) is 30.0 Å². The van der Waals surface area contributed by atoms with Crippen molar-refractivity contribution in [3.63, 3.8) is 0 Å². The van der Waals surface area contributed by atoms with E-state index in [9.17, 15) is 0 Å². The molecule has 2 rings (SSSR count). The van der Waals surface area contributed by atoms with E-state index >= 15 is 0 Å². The van der Waals surface area contributed by atoms with Crippen LogP contribution in [0.25, 0.3) is 0 Å².